The molecule has 2 aromatic rings. The summed E-state index contributed by atoms with van der Waals surface area (Å²) in [6.07, 6.45) is 0. The van der Waals surface area contributed by atoms with E-state index in [1.807, 2.05) is 6.07 Å². The van der Waals surface area contributed by atoms with E-state index in [9.17, 15) is 12.6 Å². The van der Waals surface area contributed by atoms with Crippen LogP contribution in [0.1, 0.15) is 6.92 Å². The molecule has 21 heavy (non-hydrogen) atoms. The lowest BCUT2D eigenvalue weighted by atomic mass is 10.1. The molecule has 2 aromatic carbocycles. The van der Waals surface area contributed by atoms with E-state index in [0.29, 0.717) is 28.0 Å². The fraction of sp³-hybridized carbons (Fsp3) is 0.286. The standard InChI is InChI=1S/C14H18N2O3S2/c1-2-20(17)10-9-16-21(18,19)14-8-7-13(15)11-5-3-4-6-12(11)14/h3-8,16H,2,9-10,15H2,1H3. The lowest BCUT2D eigenvalue weighted by Gasteiger charge is -2.10. The number of nitrogens with one attached hydrogen (secondary N) is 1. The summed E-state index contributed by atoms with van der Waals surface area (Å²) >= 11 is 0. The van der Waals surface area contributed by atoms with Gasteiger partial charge in [0.2, 0.25) is 10.0 Å². The fourth-order valence-corrected chi connectivity index (χ4v) is 4.03. The van der Waals surface area contributed by atoms with E-state index in [4.69, 9.17) is 5.73 Å². The molecule has 2 rings (SSSR count). The number of sulfonamides is 1. The summed E-state index contributed by atoms with van der Waals surface area (Å²) in [5.41, 5.74) is 6.41. The van der Waals surface area contributed by atoms with Crippen LogP contribution in [-0.2, 0) is 20.8 Å². The highest BCUT2D eigenvalue weighted by Gasteiger charge is 2.17. The molecule has 0 saturated heterocycles. The van der Waals surface area contributed by atoms with Gasteiger partial charge in [-0.2, -0.15) is 0 Å². The molecule has 0 fully saturated rings. The first kappa shape index (κ1) is 15.9. The molecule has 0 spiro atoms. The molecule has 0 saturated carbocycles. The summed E-state index contributed by atoms with van der Waals surface area (Å²) in [6, 6.07) is 10.2. The maximum Gasteiger partial charge on any atom is 0.241 e. The van der Waals surface area contributed by atoms with Crippen LogP contribution in [0.4, 0.5) is 5.69 Å². The average Bonchev–Trinajstić information content (AvgIpc) is 2.47. The lowest BCUT2D eigenvalue weighted by molar-refractivity contribution is 0.585. The zero-order valence-electron chi connectivity index (χ0n) is 11.7. The number of hydrogen-bond donors (Lipinski definition) is 2. The van der Waals surface area contributed by atoms with Crippen LogP contribution in [0.3, 0.4) is 0 Å². The molecule has 0 heterocycles. The van der Waals surface area contributed by atoms with Crippen molar-refractivity contribution in [2.24, 2.45) is 0 Å². The van der Waals surface area contributed by atoms with Gasteiger partial charge >= 0.3 is 0 Å². The van der Waals surface area contributed by atoms with Crippen molar-refractivity contribution in [3.8, 4) is 0 Å². The molecule has 0 amide bonds. The molecule has 1 atom stereocenters. The number of anilines is 1. The minimum absolute atomic E-state index is 0.154. The zero-order chi connectivity index (χ0) is 15.5. The van der Waals surface area contributed by atoms with Crippen LogP contribution >= 0.6 is 0 Å². The first-order valence-corrected chi connectivity index (χ1v) is 9.54. The van der Waals surface area contributed by atoms with E-state index < -0.39 is 20.8 Å². The molecular weight excluding hydrogens is 308 g/mol. The monoisotopic (exact) mass is 326 g/mol. The number of rotatable bonds is 6. The van der Waals surface area contributed by atoms with Crippen LogP contribution in [-0.4, -0.2) is 30.7 Å². The quantitative estimate of drug-likeness (QED) is 0.787. The minimum Gasteiger partial charge on any atom is -0.398 e. The van der Waals surface area contributed by atoms with E-state index in [2.05, 4.69) is 4.72 Å². The summed E-state index contributed by atoms with van der Waals surface area (Å²) in [5, 5.41) is 1.29. The molecule has 0 aliphatic carbocycles. The molecule has 7 heteroatoms. The van der Waals surface area contributed by atoms with Gasteiger partial charge in [0.25, 0.3) is 0 Å². The predicted molar refractivity (Wildman–Crippen MR) is 87.1 cm³/mol. The third-order valence-electron chi connectivity index (χ3n) is 3.15. The Bertz CT molecular complexity index is 773. The number of fused-ring (bicyclic) bond motifs is 1. The van der Waals surface area contributed by atoms with Crippen LogP contribution < -0.4 is 10.5 Å². The highest BCUT2D eigenvalue weighted by molar-refractivity contribution is 7.89. The van der Waals surface area contributed by atoms with Crippen molar-refractivity contribution in [3.05, 3.63) is 36.4 Å². The molecular formula is C14H18N2O3S2. The average molecular weight is 326 g/mol. The van der Waals surface area contributed by atoms with Gasteiger partial charge in [-0.3, -0.25) is 4.21 Å². The van der Waals surface area contributed by atoms with E-state index in [-0.39, 0.29) is 11.4 Å². The van der Waals surface area contributed by atoms with Crippen LogP contribution in [0.25, 0.3) is 10.8 Å². The third-order valence-corrected chi connectivity index (χ3v) is 5.97. The minimum atomic E-state index is -3.65. The van der Waals surface area contributed by atoms with Crippen LogP contribution in [0.2, 0.25) is 0 Å². The summed E-state index contributed by atoms with van der Waals surface area (Å²) in [5.74, 6) is 0.829. The molecule has 0 aromatic heterocycles. The molecule has 5 nitrogen and oxygen atoms in total. The first-order valence-electron chi connectivity index (χ1n) is 6.57. The van der Waals surface area contributed by atoms with E-state index >= 15 is 0 Å². The number of nitrogens with two attached hydrogens (primary N) is 1. The Morgan fingerprint density at radius 1 is 1.14 bits per heavy atom. The Hall–Kier alpha value is -1.44. The SMILES string of the molecule is CCS(=O)CCNS(=O)(=O)c1ccc(N)c2ccccc12. The van der Waals surface area contributed by atoms with Crippen molar-refractivity contribution in [3.63, 3.8) is 0 Å². The van der Waals surface area contributed by atoms with Crippen molar-refractivity contribution in [2.75, 3.05) is 23.8 Å². The fourth-order valence-electron chi connectivity index (χ4n) is 2.04. The van der Waals surface area contributed by atoms with Crippen molar-refractivity contribution < 1.29 is 12.6 Å². The van der Waals surface area contributed by atoms with E-state index in [1.165, 1.54) is 6.07 Å². The third kappa shape index (κ3) is 3.61. The smallest absolute Gasteiger partial charge is 0.241 e. The van der Waals surface area contributed by atoms with Crippen LogP contribution in [0.5, 0.6) is 0 Å². The second-order valence-electron chi connectivity index (χ2n) is 4.53. The van der Waals surface area contributed by atoms with Crippen molar-refractivity contribution in [1.82, 2.24) is 4.72 Å². The summed E-state index contributed by atoms with van der Waals surface area (Å²) in [6.45, 7) is 1.96. The normalized spacial score (nSPS) is 13.4. The van der Waals surface area contributed by atoms with Crippen LogP contribution in [0, 0.1) is 0 Å². The Morgan fingerprint density at radius 3 is 2.48 bits per heavy atom. The molecule has 1 unspecified atom stereocenters. The highest BCUT2D eigenvalue weighted by atomic mass is 32.2. The summed E-state index contributed by atoms with van der Waals surface area (Å²) < 4.78 is 38.6. The highest BCUT2D eigenvalue weighted by Crippen LogP contribution is 2.27. The van der Waals surface area contributed by atoms with Gasteiger partial charge in [0.05, 0.1) is 4.90 Å². The van der Waals surface area contributed by atoms with Gasteiger partial charge in [0.1, 0.15) is 0 Å². The van der Waals surface area contributed by atoms with E-state index in [0.717, 1.165) is 0 Å². The van der Waals surface area contributed by atoms with Gasteiger partial charge in [-0.25, -0.2) is 13.1 Å². The maximum absolute atomic E-state index is 12.4. The predicted octanol–water partition coefficient (Wildman–Crippen LogP) is 1.47. The van der Waals surface area contributed by atoms with Crippen molar-refractivity contribution in [2.45, 2.75) is 11.8 Å². The number of hydrogen-bond acceptors (Lipinski definition) is 4. The largest absolute Gasteiger partial charge is 0.398 e. The Morgan fingerprint density at radius 2 is 1.81 bits per heavy atom. The topological polar surface area (TPSA) is 89.3 Å². The summed E-state index contributed by atoms with van der Waals surface area (Å²) in [7, 11) is -4.64. The molecule has 0 aliphatic rings. The van der Waals surface area contributed by atoms with Gasteiger partial charge in [0, 0.05) is 45.3 Å². The van der Waals surface area contributed by atoms with Crippen molar-refractivity contribution in [1.29, 1.82) is 0 Å². The Balaban J connectivity index is 2.33. The van der Waals surface area contributed by atoms with Gasteiger partial charge in [-0.15, -0.1) is 0 Å². The first-order chi connectivity index (χ1) is 9.95. The maximum atomic E-state index is 12.4. The van der Waals surface area contributed by atoms with Gasteiger partial charge in [0.15, 0.2) is 0 Å². The Labute approximate surface area is 127 Å². The van der Waals surface area contributed by atoms with Crippen molar-refractivity contribution >= 4 is 37.3 Å². The number of benzene rings is 2. The molecule has 0 radical (unpaired) electrons. The lowest BCUT2D eigenvalue weighted by Crippen LogP contribution is -2.28. The van der Waals surface area contributed by atoms with Gasteiger partial charge < -0.3 is 5.73 Å². The van der Waals surface area contributed by atoms with Gasteiger partial charge in [-0.05, 0) is 12.1 Å². The van der Waals surface area contributed by atoms with Crippen LogP contribution in [0.15, 0.2) is 41.3 Å². The summed E-state index contributed by atoms with van der Waals surface area (Å²) in [4.78, 5) is 0.189. The molecule has 114 valence electrons. The number of nitrogen functional groups attached to an aromatic ring is 1. The Kier molecular flexibility index (Phi) is 4.97. The van der Waals surface area contributed by atoms with E-state index in [1.54, 1.807) is 31.2 Å². The second-order valence-corrected chi connectivity index (χ2v) is 8.13. The molecule has 3 N–H and O–H groups in total. The molecule has 0 bridgehead atoms. The second kappa shape index (κ2) is 6.55. The molecule has 0 aliphatic heterocycles. The zero-order valence-corrected chi connectivity index (χ0v) is 13.3. The van der Waals surface area contributed by atoms with Gasteiger partial charge in [-0.1, -0.05) is 31.2 Å².